The lowest BCUT2D eigenvalue weighted by molar-refractivity contribution is 0.475. The highest BCUT2D eigenvalue weighted by molar-refractivity contribution is 7.72. The van der Waals surface area contributed by atoms with Crippen molar-refractivity contribution < 1.29 is 5.11 Å². The molecule has 0 aliphatic carbocycles. The molecule has 0 spiro atoms. The molecule has 0 fully saturated rings. The van der Waals surface area contributed by atoms with E-state index in [2.05, 4.69) is 67.6 Å². The molecule has 0 aromatic heterocycles. The summed E-state index contributed by atoms with van der Waals surface area (Å²) in [6.07, 6.45) is 1.21. The summed E-state index contributed by atoms with van der Waals surface area (Å²) in [5.41, 5.74) is 0. The second-order valence-corrected chi connectivity index (χ2v) is 7.27. The molecule has 3 aromatic carbocycles. The molecule has 0 bridgehead atoms. The minimum atomic E-state index is -0.149. The first-order chi connectivity index (χ1) is 10.8. The van der Waals surface area contributed by atoms with Crippen LogP contribution < -0.4 is 10.6 Å². The number of rotatable bonds is 3. The Bertz CT molecular complexity index is 599. The van der Waals surface area contributed by atoms with E-state index in [1.165, 1.54) is 16.8 Å². The topological polar surface area (TPSA) is 20.2 Å². The van der Waals surface area contributed by atoms with Crippen LogP contribution in [0, 0.1) is 0 Å². The average molecular weight is 308 g/mol. The summed E-state index contributed by atoms with van der Waals surface area (Å²) in [7, 11) is -0.149. The molecule has 0 heterocycles. The lowest BCUT2D eigenvalue weighted by Gasteiger charge is -2.16. The van der Waals surface area contributed by atoms with Gasteiger partial charge in [-0.05, 0) is 36.8 Å². The van der Waals surface area contributed by atoms with Gasteiger partial charge in [-0.15, -0.1) is 0 Å². The van der Waals surface area contributed by atoms with Crippen LogP contribution in [0.25, 0.3) is 0 Å². The van der Waals surface area contributed by atoms with E-state index in [4.69, 9.17) is 5.11 Å². The highest BCUT2D eigenvalue weighted by atomic mass is 31.1. The Morgan fingerprint density at radius 3 is 1.27 bits per heavy atom. The van der Waals surface area contributed by atoms with Crippen LogP contribution in [0.1, 0.15) is 6.92 Å². The zero-order valence-corrected chi connectivity index (χ0v) is 13.7. The molecule has 0 saturated carbocycles. The van der Waals surface area contributed by atoms with Crippen LogP contribution in [0.2, 0.25) is 0 Å². The number of hydrogen-bond donors (Lipinski definition) is 1. The summed E-state index contributed by atoms with van der Waals surface area (Å²) >= 11 is 0. The summed E-state index contributed by atoms with van der Waals surface area (Å²) in [5.74, 6) is 0.322. The maximum atomic E-state index is 8.63. The smallest absolute Gasteiger partial charge is 0.115 e. The first kappa shape index (κ1) is 16.3. The highest BCUT2D eigenvalue weighted by Gasteiger charge is 2.09. The van der Waals surface area contributed by atoms with E-state index in [1.807, 2.05) is 6.07 Å². The summed E-state index contributed by atoms with van der Waals surface area (Å²) in [6, 6.07) is 30.3. The van der Waals surface area contributed by atoms with E-state index in [1.54, 1.807) is 24.3 Å². The predicted molar refractivity (Wildman–Crippen MR) is 97.7 cm³/mol. The van der Waals surface area contributed by atoms with Gasteiger partial charge in [0.15, 0.2) is 0 Å². The van der Waals surface area contributed by atoms with Gasteiger partial charge in [0, 0.05) is 0 Å². The normalized spacial score (nSPS) is 9.91. The third-order valence-corrected chi connectivity index (χ3v) is 5.68. The largest absolute Gasteiger partial charge is 0.508 e. The first-order valence-corrected chi connectivity index (χ1v) is 8.95. The van der Waals surface area contributed by atoms with E-state index >= 15 is 0 Å². The highest BCUT2D eigenvalue weighted by Crippen LogP contribution is 2.32. The van der Waals surface area contributed by atoms with Crippen molar-refractivity contribution in [3.8, 4) is 5.75 Å². The zero-order chi connectivity index (χ0) is 15.6. The van der Waals surface area contributed by atoms with Crippen molar-refractivity contribution >= 4 is 18.5 Å². The molecule has 1 nitrogen and oxygen atoms in total. The minimum absolute atomic E-state index is 0.149. The predicted octanol–water partition coefficient (Wildman–Crippen LogP) is 4.53. The number of phenolic OH excluding ortho intramolecular Hbond substituents is 1. The molecule has 1 N–H and O–H groups in total. The van der Waals surface area contributed by atoms with Crippen molar-refractivity contribution in [2.45, 2.75) is 6.92 Å². The van der Waals surface area contributed by atoms with Crippen LogP contribution in [0.15, 0.2) is 91.0 Å². The Balaban J connectivity index is 0.000000211. The second kappa shape index (κ2) is 9.02. The van der Waals surface area contributed by atoms with Gasteiger partial charge < -0.3 is 5.11 Å². The Labute approximate surface area is 134 Å². The maximum absolute atomic E-state index is 8.63. The number of para-hydroxylation sites is 1. The lowest BCUT2D eigenvalue weighted by Crippen LogP contribution is -2.12. The molecule has 0 amide bonds. The van der Waals surface area contributed by atoms with Gasteiger partial charge in [-0.3, -0.25) is 0 Å². The van der Waals surface area contributed by atoms with E-state index < -0.39 is 0 Å². The number of phenols is 1. The van der Waals surface area contributed by atoms with Gasteiger partial charge >= 0.3 is 0 Å². The number of benzene rings is 3. The molecular formula is C20H21OP. The van der Waals surface area contributed by atoms with Crippen LogP contribution in [0.4, 0.5) is 0 Å². The van der Waals surface area contributed by atoms with Gasteiger partial charge in [0.1, 0.15) is 5.75 Å². The monoisotopic (exact) mass is 308 g/mol. The molecule has 2 heteroatoms. The Kier molecular flexibility index (Phi) is 6.67. The molecule has 0 aliphatic rings. The molecule has 0 radical (unpaired) electrons. The SMILES string of the molecule is CCP(c1ccccc1)c1ccccc1.Oc1ccccc1. The van der Waals surface area contributed by atoms with Crippen LogP contribution in [-0.2, 0) is 0 Å². The van der Waals surface area contributed by atoms with Crippen LogP contribution >= 0.6 is 7.92 Å². The first-order valence-electron chi connectivity index (χ1n) is 7.43. The second-order valence-electron chi connectivity index (χ2n) is 4.75. The van der Waals surface area contributed by atoms with Gasteiger partial charge in [0.05, 0.1) is 0 Å². The lowest BCUT2D eigenvalue weighted by atomic mass is 10.3. The van der Waals surface area contributed by atoms with E-state index in [0.29, 0.717) is 5.75 Å². The molecule has 112 valence electrons. The van der Waals surface area contributed by atoms with Crippen molar-refractivity contribution in [1.82, 2.24) is 0 Å². The summed E-state index contributed by atoms with van der Waals surface area (Å²) in [6.45, 7) is 2.27. The molecule has 0 unspecified atom stereocenters. The molecule has 3 rings (SSSR count). The van der Waals surface area contributed by atoms with Gasteiger partial charge in [-0.25, -0.2) is 0 Å². The molecule has 3 aromatic rings. The van der Waals surface area contributed by atoms with Crippen molar-refractivity contribution in [2.24, 2.45) is 0 Å². The fraction of sp³-hybridized carbons (Fsp3) is 0.100. The third kappa shape index (κ3) is 5.02. The van der Waals surface area contributed by atoms with Crippen LogP contribution in [-0.4, -0.2) is 11.3 Å². The van der Waals surface area contributed by atoms with Crippen LogP contribution in [0.5, 0.6) is 5.75 Å². The third-order valence-electron chi connectivity index (χ3n) is 3.21. The molecule has 22 heavy (non-hydrogen) atoms. The van der Waals surface area contributed by atoms with Crippen LogP contribution in [0.3, 0.4) is 0 Å². The van der Waals surface area contributed by atoms with Gasteiger partial charge in [-0.1, -0.05) is 85.8 Å². The molecule has 0 saturated heterocycles. The van der Waals surface area contributed by atoms with Crippen molar-refractivity contribution in [3.63, 3.8) is 0 Å². The maximum Gasteiger partial charge on any atom is 0.115 e. The fourth-order valence-corrected chi connectivity index (χ4v) is 4.25. The number of aromatic hydroxyl groups is 1. The summed E-state index contributed by atoms with van der Waals surface area (Å²) in [4.78, 5) is 0. The quantitative estimate of drug-likeness (QED) is 0.705. The Morgan fingerprint density at radius 1 is 0.636 bits per heavy atom. The molecular weight excluding hydrogens is 287 g/mol. The van der Waals surface area contributed by atoms with Crippen molar-refractivity contribution in [1.29, 1.82) is 0 Å². The van der Waals surface area contributed by atoms with Gasteiger partial charge in [0.25, 0.3) is 0 Å². The van der Waals surface area contributed by atoms with E-state index in [-0.39, 0.29) is 7.92 Å². The zero-order valence-electron chi connectivity index (χ0n) is 12.8. The Morgan fingerprint density at radius 2 is 1.00 bits per heavy atom. The standard InChI is InChI=1S/C14H15P.C6H6O/c1-2-15(13-9-5-3-6-10-13)14-11-7-4-8-12-14;7-6-4-2-1-3-5-6/h3-12H,2H2,1H3;1-5,7H. The molecule has 0 aliphatic heterocycles. The van der Waals surface area contributed by atoms with Gasteiger partial charge in [0.2, 0.25) is 0 Å². The van der Waals surface area contributed by atoms with E-state index in [9.17, 15) is 0 Å². The summed E-state index contributed by atoms with van der Waals surface area (Å²) < 4.78 is 0. The number of hydrogen-bond acceptors (Lipinski definition) is 1. The van der Waals surface area contributed by atoms with Crippen molar-refractivity contribution in [2.75, 3.05) is 6.16 Å². The van der Waals surface area contributed by atoms with Gasteiger partial charge in [-0.2, -0.15) is 0 Å². The minimum Gasteiger partial charge on any atom is -0.508 e. The fourth-order valence-electron chi connectivity index (χ4n) is 2.16. The average Bonchev–Trinajstić information content (AvgIpc) is 2.59. The van der Waals surface area contributed by atoms with E-state index in [0.717, 1.165) is 0 Å². The Hall–Kier alpha value is -2.11. The van der Waals surface area contributed by atoms with Crippen molar-refractivity contribution in [3.05, 3.63) is 91.0 Å². The summed E-state index contributed by atoms with van der Waals surface area (Å²) in [5, 5.41) is 11.6. The molecule has 0 atom stereocenters.